The Balaban J connectivity index is 0.00000121. The molecule has 20 heavy (non-hydrogen) atoms. The molecule has 0 saturated carbocycles. The van der Waals surface area contributed by atoms with Crippen LogP contribution in [-0.2, 0) is 20.1 Å². The van der Waals surface area contributed by atoms with E-state index >= 15 is 0 Å². The van der Waals surface area contributed by atoms with Gasteiger partial charge < -0.3 is 9.14 Å². The van der Waals surface area contributed by atoms with Crippen LogP contribution in [0.2, 0.25) is 0 Å². The van der Waals surface area contributed by atoms with Crippen molar-refractivity contribution in [1.82, 2.24) is 9.38 Å². The van der Waals surface area contributed by atoms with Gasteiger partial charge in [0.15, 0.2) is 0 Å². The first-order valence-corrected chi connectivity index (χ1v) is 6.13. The van der Waals surface area contributed by atoms with Crippen LogP contribution in [0.15, 0.2) is 48.7 Å². The van der Waals surface area contributed by atoms with E-state index in [4.69, 9.17) is 4.74 Å². The summed E-state index contributed by atoms with van der Waals surface area (Å²) in [4.78, 5) is 4.52. The van der Waals surface area contributed by atoms with Crippen LogP contribution < -0.4 is 4.74 Å². The maximum Gasteiger partial charge on any atom is 0.221 e. The van der Waals surface area contributed by atoms with Gasteiger partial charge in [0.25, 0.3) is 0 Å². The van der Waals surface area contributed by atoms with Gasteiger partial charge in [-0.2, -0.15) is 0 Å². The molecule has 4 aromatic rings. The second-order valence-electron chi connectivity index (χ2n) is 4.45. The molecule has 0 N–H and O–H groups in total. The van der Waals surface area contributed by atoms with Gasteiger partial charge in [0.1, 0.15) is 0 Å². The third-order valence-electron chi connectivity index (χ3n) is 3.43. The third kappa shape index (κ3) is 1.73. The van der Waals surface area contributed by atoms with Gasteiger partial charge in [-0.3, -0.25) is 0 Å². The van der Waals surface area contributed by atoms with E-state index in [0.717, 1.165) is 16.6 Å². The molecule has 0 unspecified atom stereocenters. The fraction of sp³-hybridized carbons (Fsp3) is 0.0625. The van der Waals surface area contributed by atoms with E-state index in [9.17, 15) is 0 Å². The summed E-state index contributed by atoms with van der Waals surface area (Å²) in [6, 6.07) is 17.6. The van der Waals surface area contributed by atoms with E-state index < -0.39 is 0 Å². The van der Waals surface area contributed by atoms with E-state index in [0.29, 0.717) is 5.88 Å². The minimum atomic E-state index is 0. The van der Waals surface area contributed by atoms with Crippen molar-refractivity contribution in [3.05, 3.63) is 54.7 Å². The number of rotatable bonds is 1. The number of pyridine rings is 1. The smallest absolute Gasteiger partial charge is 0.221 e. The third-order valence-corrected chi connectivity index (χ3v) is 3.43. The predicted octanol–water partition coefficient (Wildman–Crippen LogP) is 3.45. The molecule has 2 aromatic carbocycles. The Labute approximate surface area is 129 Å². The molecule has 0 saturated heterocycles. The Morgan fingerprint density at radius 1 is 1.10 bits per heavy atom. The first-order chi connectivity index (χ1) is 9.38. The van der Waals surface area contributed by atoms with Gasteiger partial charge >= 0.3 is 0 Å². The summed E-state index contributed by atoms with van der Waals surface area (Å²) >= 11 is 0. The van der Waals surface area contributed by atoms with E-state index in [2.05, 4.69) is 39.7 Å². The molecule has 0 fully saturated rings. The second-order valence-corrected chi connectivity index (χ2v) is 4.45. The minimum absolute atomic E-state index is 0. The fourth-order valence-corrected chi connectivity index (χ4v) is 2.57. The molecule has 0 spiro atoms. The van der Waals surface area contributed by atoms with Crippen molar-refractivity contribution in [2.45, 2.75) is 0 Å². The Morgan fingerprint density at radius 2 is 1.90 bits per heavy atom. The molecular formula is C16H11IrN2O-. The molecule has 0 amide bonds. The Hall–Kier alpha value is -1.90. The van der Waals surface area contributed by atoms with Crippen molar-refractivity contribution in [1.29, 1.82) is 0 Å². The van der Waals surface area contributed by atoms with Crippen LogP contribution in [0.5, 0.6) is 5.88 Å². The largest absolute Gasteiger partial charge is 0.480 e. The van der Waals surface area contributed by atoms with Crippen LogP contribution in [0.4, 0.5) is 0 Å². The van der Waals surface area contributed by atoms with Crippen molar-refractivity contribution in [3.8, 4) is 5.88 Å². The van der Waals surface area contributed by atoms with Crippen molar-refractivity contribution in [2.75, 3.05) is 7.11 Å². The number of hydrogen-bond acceptors (Lipinski definition) is 2. The first-order valence-electron chi connectivity index (χ1n) is 6.13. The SMILES string of the molecule is COc1cn2c3ccccc3c3ccc[c-]c3c2n1.[Ir]. The zero-order valence-electron chi connectivity index (χ0n) is 10.8. The zero-order valence-corrected chi connectivity index (χ0v) is 13.1. The number of fused-ring (bicyclic) bond motifs is 6. The van der Waals surface area contributed by atoms with E-state index in [1.807, 2.05) is 24.4 Å². The Morgan fingerprint density at radius 3 is 2.75 bits per heavy atom. The standard InChI is InChI=1S/C16H11N2O.Ir/c1-19-15-10-18-14-9-5-4-7-12(14)11-6-2-3-8-13(11)16(18)17-15;/h2-7,9-10H,1H3;/q-1;. The quantitative estimate of drug-likeness (QED) is 0.336. The summed E-state index contributed by atoms with van der Waals surface area (Å²) in [7, 11) is 1.63. The number of benzene rings is 2. The first kappa shape index (κ1) is 13.1. The van der Waals surface area contributed by atoms with E-state index in [-0.39, 0.29) is 20.1 Å². The number of imidazole rings is 1. The molecule has 2 aromatic heterocycles. The number of aromatic nitrogens is 2. The van der Waals surface area contributed by atoms with Gasteiger partial charge in [-0.25, -0.2) is 4.98 Å². The van der Waals surface area contributed by atoms with Crippen molar-refractivity contribution >= 4 is 27.3 Å². The molecule has 0 aliphatic heterocycles. The maximum absolute atomic E-state index is 5.25. The molecule has 101 valence electrons. The van der Waals surface area contributed by atoms with Crippen LogP contribution in [0, 0.1) is 6.07 Å². The van der Waals surface area contributed by atoms with Gasteiger partial charge in [0.05, 0.1) is 19.0 Å². The molecule has 4 rings (SSSR count). The second kappa shape index (κ2) is 4.89. The molecule has 2 heterocycles. The predicted molar refractivity (Wildman–Crippen MR) is 75.6 cm³/mol. The van der Waals surface area contributed by atoms with Crippen LogP contribution >= 0.6 is 0 Å². The zero-order chi connectivity index (χ0) is 12.8. The number of nitrogens with zero attached hydrogens (tertiary/aromatic N) is 2. The fourth-order valence-electron chi connectivity index (χ4n) is 2.57. The summed E-state index contributed by atoms with van der Waals surface area (Å²) in [5.41, 5.74) is 2.01. The molecule has 0 aliphatic carbocycles. The molecule has 4 heteroatoms. The van der Waals surface area contributed by atoms with Crippen LogP contribution in [0.1, 0.15) is 0 Å². The summed E-state index contributed by atoms with van der Waals surface area (Å²) in [6.45, 7) is 0. The van der Waals surface area contributed by atoms with Crippen molar-refractivity contribution < 1.29 is 24.8 Å². The molecule has 0 atom stereocenters. The molecule has 3 nitrogen and oxygen atoms in total. The molecular weight excluding hydrogens is 428 g/mol. The Bertz CT molecular complexity index is 841. The molecule has 1 radical (unpaired) electrons. The monoisotopic (exact) mass is 440 g/mol. The summed E-state index contributed by atoms with van der Waals surface area (Å²) < 4.78 is 7.31. The van der Waals surface area contributed by atoms with Crippen LogP contribution in [-0.4, -0.2) is 16.5 Å². The molecule has 0 aliphatic rings. The summed E-state index contributed by atoms with van der Waals surface area (Å²) in [6.07, 6.45) is 1.91. The van der Waals surface area contributed by atoms with Crippen molar-refractivity contribution in [2.24, 2.45) is 0 Å². The normalized spacial score (nSPS) is 10.8. The van der Waals surface area contributed by atoms with Crippen LogP contribution in [0.25, 0.3) is 27.3 Å². The average Bonchev–Trinajstić information content (AvgIpc) is 2.92. The minimum Gasteiger partial charge on any atom is -0.480 e. The van der Waals surface area contributed by atoms with Gasteiger partial charge in [-0.15, -0.1) is 29.7 Å². The van der Waals surface area contributed by atoms with Gasteiger partial charge in [0, 0.05) is 25.6 Å². The van der Waals surface area contributed by atoms with Crippen LogP contribution in [0.3, 0.4) is 0 Å². The van der Waals surface area contributed by atoms with Gasteiger partial charge in [-0.05, 0) is 11.5 Å². The average molecular weight is 439 g/mol. The summed E-state index contributed by atoms with van der Waals surface area (Å²) in [5.74, 6) is 0.620. The topological polar surface area (TPSA) is 26.5 Å². The number of methoxy groups -OCH3 is 1. The van der Waals surface area contributed by atoms with Gasteiger partial charge in [0.2, 0.25) is 5.88 Å². The summed E-state index contributed by atoms with van der Waals surface area (Å²) in [5, 5.41) is 3.38. The van der Waals surface area contributed by atoms with E-state index in [1.54, 1.807) is 7.11 Å². The maximum atomic E-state index is 5.25. The van der Waals surface area contributed by atoms with Gasteiger partial charge in [-0.1, -0.05) is 23.6 Å². The van der Waals surface area contributed by atoms with E-state index in [1.165, 1.54) is 10.8 Å². The van der Waals surface area contributed by atoms with Crippen molar-refractivity contribution in [3.63, 3.8) is 0 Å². The number of ether oxygens (including phenoxy) is 1. The number of para-hydroxylation sites is 1. The molecule has 0 bridgehead atoms. The Kier molecular flexibility index (Phi) is 3.20. The number of hydrogen-bond donors (Lipinski definition) is 0.